The van der Waals surface area contributed by atoms with Crippen molar-refractivity contribution in [3.05, 3.63) is 47.3 Å². The average molecular weight is 327 g/mol. The van der Waals surface area contributed by atoms with Gasteiger partial charge in [0.05, 0.1) is 12.1 Å². The van der Waals surface area contributed by atoms with Crippen LogP contribution in [0.4, 0.5) is 5.69 Å². The second kappa shape index (κ2) is 7.51. The number of anilines is 1. The molecular weight excluding hydrogens is 302 g/mol. The Morgan fingerprint density at radius 2 is 2.12 bits per heavy atom. The third-order valence-corrected chi connectivity index (χ3v) is 4.82. The Bertz CT molecular complexity index is 691. The molecule has 3 rings (SSSR count). The van der Waals surface area contributed by atoms with Gasteiger partial charge in [0.2, 0.25) is 0 Å². The minimum Gasteiger partial charge on any atom is -0.461 e. The van der Waals surface area contributed by atoms with E-state index in [0.29, 0.717) is 13.0 Å². The fraction of sp³-hybridized carbons (Fsp3) is 0.474. The Hall–Kier alpha value is -2.30. The number of fused-ring (bicyclic) bond motifs is 1. The monoisotopic (exact) mass is 327 g/mol. The molecule has 1 atom stereocenters. The van der Waals surface area contributed by atoms with Crippen molar-refractivity contribution in [2.24, 2.45) is 5.92 Å². The van der Waals surface area contributed by atoms with Gasteiger partial charge < -0.3 is 9.64 Å². The smallest absolute Gasteiger partial charge is 0.309 e. The maximum atomic E-state index is 12.5. The maximum absolute atomic E-state index is 12.5. The molecular formula is C19H25N3O2. The zero-order valence-electron chi connectivity index (χ0n) is 14.4. The second-order valence-corrected chi connectivity index (χ2v) is 6.22. The number of rotatable bonds is 6. The van der Waals surface area contributed by atoms with Crippen molar-refractivity contribution in [1.82, 2.24) is 10.2 Å². The van der Waals surface area contributed by atoms with Crippen molar-refractivity contribution in [1.29, 1.82) is 0 Å². The molecule has 1 aromatic carbocycles. The molecule has 5 heteroatoms. The molecule has 0 spiro atoms. The Balaban J connectivity index is 1.63. The van der Waals surface area contributed by atoms with Crippen LogP contribution in [-0.4, -0.2) is 29.3 Å². The molecule has 0 aliphatic heterocycles. The molecule has 0 radical (unpaired) electrons. The Morgan fingerprint density at radius 1 is 1.33 bits per heavy atom. The SMILES string of the molecule is CCN(CC)c1ccccc1COC(=O)[C@@H]1CCc2cn[nH]c2C1. The van der Waals surface area contributed by atoms with Gasteiger partial charge in [-0.3, -0.25) is 9.89 Å². The van der Waals surface area contributed by atoms with Gasteiger partial charge in [0, 0.05) is 36.5 Å². The largest absolute Gasteiger partial charge is 0.461 e. The standard InChI is InChI=1S/C19H25N3O2/c1-3-22(4-2)18-8-6-5-7-16(18)13-24-19(23)14-9-10-15-12-20-21-17(15)11-14/h5-8,12,14H,3-4,9-11,13H2,1-2H3,(H,20,21)/t14-/m1/s1. The van der Waals surface area contributed by atoms with Gasteiger partial charge in [0.25, 0.3) is 0 Å². The number of ether oxygens (including phenoxy) is 1. The minimum absolute atomic E-state index is 0.0708. The van der Waals surface area contributed by atoms with Gasteiger partial charge in [-0.2, -0.15) is 5.10 Å². The van der Waals surface area contributed by atoms with E-state index in [1.165, 1.54) is 5.56 Å². The van der Waals surface area contributed by atoms with E-state index in [9.17, 15) is 4.79 Å². The number of hydrogen-bond acceptors (Lipinski definition) is 4. The highest BCUT2D eigenvalue weighted by molar-refractivity contribution is 5.73. The Labute approximate surface area is 143 Å². The molecule has 1 heterocycles. The van der Waals surface area contributed by atoms with Crippen LogP contribution in [0.15, 0.2) is 30.5 Å². The number of H-pyrrole nitrogens is 1. The fourth-order valence-electron chi connectivity index (χ4n) is 3.38. The molecule has 24 heavy (non-hydrogen) atoms. The van der Waals surface area contributed by atoms with Crippen molar-refractivity contribution in [3.8, 4) is 0 Å². The molecule has 0 saturated carbocycles. The molecule has 5 nitrogen and oxygen atoms in total. The van der Waals surface area contributed by atoms with Crippen LogP contribution in [0.5, 0.6) is 0 Å². The van der Waals surface area contributed by atoms with Gasteiger partial charge in [-0.25, -0.2) is 0 Å². The lowest BCUT2D eigenvalue weighted by Crippen LogP contribution is -2.26. The van der Waals surface area contributed by atoms with Crippen LogP contribution in [0.2, 0.25) is 0 Å². The van der Waals surface area contributed by atoms with Crippen molar-refractivity contribution in [2.75, 3.05) is 18.0 Å². The molecule has 1 aromatic heterocycles. The molecule has 0 fully saturated rings. The zero-order valence-corrected chi connectivity index (χ0v) is 14.4. The van der Waals surface area contributed by atoms with Crippen LogP contribution in [0.3, 0.4) is 0 Å². The number of para-hydroxylation sites is 1. The summed E-state index contributed by atoms with van der Waals surface area (Å²) in [5, 5.41) is 7.05. The average Bonchev–Trinajstić information content (AvgIpc) is 3.09. The number of esters is 1. The summed E-state index contributed by atoms with van der Waals surface area (Å²) in [4.78, 5) is 14.7. The summed E-state index contributed by atoms with van der Waals surface area (Å²) in [6.45, 7) is 6.48. The Morgan fingerprint density at radius 3 is 2.92 bits per heavy atom. The topological polar surface area (TPSA) is 58.2 Å². The number of nitrogens with zero attached hydrogens (tertiary/aromatic N) is 2. The molecule has 0 saturated heterocycles. The first-order chi connectivity index (χ1) is 11.7. The molecule has 0 bridgehead atoms. The summed E-state index contributed by atoms with van der Waals surface area (Å²) >= 11 is 0. The molecule has 1 aliphatic carbocycles. The zero-order chi connectivity index (χ0) is 16.9. The lowest BCUT2D eigenvalue weighted by atomic mass is 9.88. The summed E-state index contributed by atoms with van der Waals surface area (Å²) in [7, 11) is 0. The van der Waals surface area contributed by atoms with Crippen molar-refractivity contribution < 1.29 is 9.53 Å². The third kappa shape index (κ3) is 3.45. The highest BCUT2D eigenvalue weighted by atomic mass is 16.5. The van der Waals surface area contributed by atoms with E-state index in [1.54, 1.807) is 0 Å². The number of carbonyl (C=O) groups excluding carboxylic acids is 1. The van der Waals surface area contributed by atoms with E-state index in [-0.39, 0.29) is 11.9 Å². The van der Waals surface area contributed by atoms with Crippen molar-refractivity contribution >= 4 is 11.7 Å². The van der Waals surface area contributed by atoms with Gasteiger partial charge in [-0.05, 0) is 38.3 Å². The van der Waals surface area contributed by atoms with E-state index >= 15 is 0 Å². The van der Waals surface area contributed by atoms with Gasteiger partial charge >= 0.3 is 5.97 Å². The summed E-state index contributed by atoms with van der Waals surface area (Å²) in [5.41, 5.74) is 4.51. The highest BCUT2D eigenvalue weighted by Crippen LogP contribution is 2.26. The Kier molecular flexibility index (Phi) is 5.18. The van der Waals surface area contributed by atoms with E-state index in [1.807, 2.05) is 24.4 Å². The first-order valence-corrected chi connectivity index (χ1v) is 8.73. The van der Waals surface area contributed by atoms with E-state index in [4.69, 9.17) is 4.74 Å². The van der Waals surface area contributed by atoms with Crippen LogP contribution in [0.25, 0.3) is 0 Å². The van der Waals surface area contributed by atoms with E-state index in [2.05, 4.69) is 35.0 Å². The van der Waals surface area contributed by atoms with Crippen LogP contribution in [0, 0.1) is 5.92 Å². The van der Waals surface area contributed by atoms with Gasteiger partial charge in [0.1, 0.15) is 6.61 Å². The number of aromatic nitrogens is 2. The summed E-state index contributed by atoms with van der Waals surface area (Å²) in [6.07, 6.45) is 4.29. The number of aryl methyl sites for hydroxylation is 1. The summed E-state index contributed by atoms with van der Waals surface area (Å²) < 4.78 is 5.64. The second-order valence-electron chi connectivity index (χ2n) is 6.22. The van der Waals surface area contributed by atoms with E-state index < -0.39 is 0 Å². The lowest BCUT2D eigenvalue weighted by Gasteiger charge is -2.25. The van der Waals surface area contributed by atoms with Gasteiger partial charge in [-0.15, -0.1) is 0 Å². The summed E-state index contributed by atoms with van der Waals surface area (Å²) in [5.74, 6) is -0.178. The van der Waals surface area contributed by atoms with Crippen molar-refractivity contribution in [3.63, 3.8) is 0 Å². The fourth-order valence-corrected chi connectivity index (χ4v) is 3.38. The van der Waals surface area contributed by atoms with Crippen LogP contribution >= 0.6 is 0 Å². The number of hydrogen-bond donors (Lipinski definition) is 1. The highest BCUT2D eigenvalue weighted by Gasteiger charge is 2.27. The number of nitrogens with one attached hydrogen (secondary N) is 1. The maximum Gasteiger partial charge on any atom is 0.309 e. The number of aromatic amines is 1. The minimum atomic E-state index is -0.107. The van der Waals surface area contributed by atoms with Crippen molar-refractivity contribution in [2.45, 2.75) is 39.7 Å². The number of benzene rings is 1. The quantitative estimate of drug-likeness (QED) is 0.828. The predicted molar refractivity (Wildman–Crippen MR) is 93.9 cm³/mol. The molecule has 0 amide bonds. The van der Waals surface area contributed by atoms with Crippen LogP contribution < -0.4 is 4.90 Å². The molecule has 0 unspecified atom stereocenters. The van der Waals surface area contributed by atoms with Crippen LogP contribution in [-0.2, 0) is 29.0 Å². The van der Waals surface area contributed by atoms with Gasteiger partial charge in [0.15, 0.2) is 0 Å². The molecule has 128 valence electrons. The summed E-state index contributed by atoms with van der Waals surface area (Å²) in [6, 6.07) is 8.15. The first-order valence-electron chi connectivity index (χ1n) is 8.73. The first kappa shape index (κ1) is 16.6. The molecule has 1 aliphatic rings. The molecule has 2 aromatic rings. The van der Waals surface area contributed by atoms with E-state index in [0.717, 1.165) is 42.9 Å². The van der Waals surface area contributed by atoms with Gasteiger partial charge in [-0.1, -0.05) is 18.2 Å². The number of carbonyl (C=O) groups is 1. The normalized spacial score (nSPS) is 16.5. The lowest BCUT2D eigenvalue weighted by molar-refractivity contribution is -0.150. The predicted octanol–water partition coefficient (Wildman–Crippen LogP) is 3.10. The molecule has 1 N–H and O–H groups in total. The third-order valence-electron chi connectivity index (χ3n) is 4.82. The van der Waals surface area contributed by atoms with Crippen LogP contribution in [0.1, 0.15) is 37.1 Å².